The Kier molecular flexibility index (Phi) is 2.77. The Morgan fingerprint density at radius 2 is 2.27 bits per heavy atom. The van der Waals surface area contributed by atoms with E-state index in [4.69, 9.17) is 9.52 Å². The highest BCUT2D eigenvalue weighted by molar-refractivity contribution is 5.46. The lowest BCUT2D eigenvalue weighted by Gasteiger charge is -1.90. The molecule has 74 valence electrons. The first kappa shape index (κ1) is 9.44. The molecule has 0 aliphatic rings. The van der Waals surface area contributed by atoms with Crippen molar-refractivity contribution in [2.24, 2.45) is 0 Å². The van der Waals surface area contributed by atoms with Crippen molar-refractivity contribution in [2.75, 3.05) is 6.61 Å². The summed E-state index contributed by atoms with van der Waals surface area (Å²) in [6.07, 6.45) is 3.17. The van der Waals surface area contributed by atoms with E-state index in [9.17, 15) is 0 Å². The van der Waals surface area contributed by atoms with E-state index in [0.717, 1.165) is 0 Å². The molecule has 0 atom stereocenters. The van der Waals surface area contributed by atoms with Gasteiger partial charge in [-0.2, -0.15) is 0 Å². The lowest BCUT2D eigenvalue weighted by atomic mass is 10.3. The van der Waals surface area contributed by atoms with Gasteiger partial charge in [-0.3, -0.25) is 4.98 Å². The monoisotopic (exact) mass is 200 g/mol. The van der Waals surface area contributed by atoms with Gasteiger partial charge in [0.05, 0.1) is 6.20 Å². The molecule has 0 aromatic carbocycles. The zero-order valence-corrected chi connectivity index (χ0v) is 7.84. The molecule has 0 saturated heterocycles. The number of aromatic nitrogens is 2. The summed E-state index contributed by atoms with van der Waals surface area (Å²) in [5.74, 6) is 5.96. The highest BCUT2D eigenvalue weighted by atomic mass is 16.4. The smallest absolute Gasteiger partial charge is 0.246 e. The minimum atomic E-state index is -0.195. The Morgan fingerprint density at radius 1 is 1.33 bits per heavy atom. The van der Waals surface area contributed by atoms with Gasteiger partial charge in [-0.1, -0.05) is 12.0 Å². The number of nitrogens with zero attached hydrogens (tertiary/aromatic N) is 2. The fourth-order valence-corrected chi connectivity index (χ4v) is 1.07. The summed E-state index contributed by atoms with van der Waals surface area (Å²) in [4.78, 5) is 8.11. The van der Waals surface area contributed by atoms with E-state index >= 15 is 0 Å². The first-order valence-electron chi connectivity index (χ1n) is 4.37. The largest absolute Gasteiger partial charge is 0.426 e. The van der Waals surface area contributed by atoms with Crippen LogP contribution in [-0.2, 0) is 0 Å². The van der Waals surface area contributed by atoms with Crippen LogP contribution in [0.3, 0.4) is 0 Å². The Bertz CT molecular complexity index is 494. The maximum Gasteiger partial charge on any atom is 0.246 e. The van der Waals surface area contributed by atoms with E-state index in [0.29, 0.717) is 17.3 Å². The Balaban J connectivity index is 2.28. The van der Waals surface area contributed by atoms with Crippen molar-refractivity contribution in [1.82, 2.24) is 9.97 Å². The van der Waals surface area contributed by atoms with E-state index in [2.05, 4.69) is 21.8 Å². The number of hydrogen-bond acceptors (Lipinski definition) is 4. The fraction of sp³-hybridized carbons (Fsp3) is 0.0909. The van der Waals surface area contributed by atoms with E-state index in [-0.39, 0.29) is 6.61 Å². The van der Waals surface area contributed by atoms with Gasteiger partial charge >= 0.3 is 0 Å². The summed E-state index contributed by atoms with van der Waals surface area (Å²) < 4.78 is 5.31. The van der Waals surface area contributed by atoms with Gasteiger partial charge < -0.3 is 9.52 Å². The molecule has 0 radical (unpaired) electrons. The molecule has 0 fully saturated rings. The van der Waals surface area contributed by atoms with Crippen LogP contribution >= 0.6 is 0 Å². The third-order valence-electron chi connectivity index (χ3n) is 1.68. The summed E-state index contributed by atoms with van der Waals surface area (Å²) in [7, 11) is 0. The zero-order chi connectivity index (χ0) is 10.5. The third kappa shape index (κ3) is 2.22. The molecule has 4 heteroatoms. The average Bonchev–Trinajstić information content (AvgIpc) is 2.76. The standard InChI is InChI=1S/C11H8N2O2/c14-7-3-4-9-8-13-11(15-9)10-5-1-2-6-12-10/h1-2,5-6,8,14H,7H2. The summed E-state index contributed by atoms with van der Waals surface area (Å²) in [5, 5.41) is 8.50. The molecule has 0 saturated carbocycles. The molecular formula is C11H8N2O2. The highest BCUT2D eigenvalue weighted by Gasteiger charge is 2.04. The van der Waals surface area contributed by atoms with Gasteiger partial charge in [0.2, 0.25) is 5.89 Å². The van der Waals surface area contributed by atoms with Crippen molar-refractivity contribution in [1.29, 1.82) is 0 Å². The van der Waals surface area contributed by atoms with E-state index in [1.165, 1.54) is 6.20 Å². The molecule has 15 heavy (non-hydrogen) atoms. The van der Waals surface area contributed by atoms with Gasteiger partial charge in [0, 0.05) is 6.20 Å². The van der Waals surface area contributed by atoms with Crippen LogP contribution in [0.4, 0.5) is 0 Å². The molecule has 0 spiro atoms. The maximum absolute atomic E-state index is 8.50. The van der Waals surface area contributed by atoms with Gasteiger partial charge in [-0.05, 0) is 18.1 Å². The quantitative estimate of drug-likeness (QED) is 0.700. The predicted molar refractivity (Wildman–Crippen MR) is 53.7 cm³/mol. The van der Waals surface area contributed by atoms with Gasteiger partial charge in [-0.25, -0.2) is 4.98 Å². The van der Waals surface area contributed by atoms with Crippen LogP contribution < -0.4 is 0 Å². The van der Waals surface area contributed by atoms with Crippen LogP contribution in [0.5, 0.6) is 0 Å². The van der Waals surface area contributed by atoms with Gasteiger partial charge in [0.25, 0.3) is 0 Å². The molecular weight excluding hydrogens is 192 g/mol. The van der Waals surface area contributed by atoms with Gasteiger partial charge in [-0.15, -0.1) is 0 Å². The maximum atomic E-state index is 8.50. The van der Waals surface area contributed by atoms with E-state index in [1.54, 1.807) is 12.3 Å². The first-order chi connectivity index (χ1) is 7.40. The van der Waals surface area contributed by atoms with Crippen LogP contribution in [-0.4, -0.2) is 21.7 Å². The fourth-order valence-electron chi connectivity index (χ4n) is 1.07. The number of aliphatic hydroxyl groups excluding tert-OH is 1. The third-order valence-corrected chi connectivity index (χ3v) is 1.68. The number of rotatable bonds is 1. The molecule has 0 aliphatic carbocycles. The summed E-state index contributed by atoms with van der Waals surface area (Å²) in [5.41, 5.74) is 0.662. The number of hydrogen-bond donors (Lipinski definition) is 1. The minimum absolute atomic E-state index is 0.195. The topological polar surface area (TPSA) is 59.2 Å². The molecule has 0 unspecified atom stereocenters. The Labute approximate surface area is 86.6 Å². The Morgan fingerprint density at radius 3 is 3.00 bits per heavy atom. The van der Waals surface area contributed by atoms with Gasteiger partial charge in [0.1, 0.15) is 12.3 Å². The number of oxazole rings is 1. The first-order valence-corrected chi connectivity index (χ1v) is 4.37. The zero-order valence-electron chi connectivity index (χ0n) is 7.84. The lowest BCUT2D eigenvalue weighted by Crippen LogP contribution is -1.79. The molecule has 0 bridgehead atoms. The minimum Gasteiger partial charge on any atom is -0.426 e. The molecule has 2 aromatic heterocycles. The van der Waals surface area contributed by atoms with Crippen molar-refractivity contribution in [3.05, 3.63) is 36.4 Å². The highest BCUT2D eigenvalue weighted by Crippen LogP contribution is 2.15. The molecule has 0 aliphatic heterocycles. The van der Waals surface area contributed by atoms with Crippen molar-refractivity contribution in [3.8, 4) is 23.4 Å². The normalized spacial score (nSPS) is 9.40. The lowest BCUT2D eigenvalue weighted by molar-refractivity contribution is 0.350. The predicted octanol–water partition coefficient (Wildman–Crippen LogP) is 1.08. The number of aliphatic hydroxyl groups is 1. The second kappa shape index (κ2) is 4.40. The Hall–Kier alpha value is -2.12. The van der Waals surface area contributed by atoms with Crippen LogP contribution in [0.2, 0.25) is 0 Å². The molecule has 2 rings (SSSR count). The number of pyridine rings is 1. The van der Waals surface area contributed by atoms with E-state index < -0.39 is 0 Å². The molecule has 4 nitrogen and oxygen atoms in total. The van der Waals surface area contributed by atoms with E-state index in [1.807, 2.05) is 12.1 Å². The van der Waals surface area contributed by atoms with Crippen molar-refractivity contribution < 1.29 is 9.52 Å². The second-order valence-corrected chi connectivity index (χ2v) is 2.70. The summed E-state index contributed by atoms with van der Waals surface area (Å²) >= 11 is 0. The van der Waals surface area contributed by atoms with Crippen LogP contribution in [0.15, 0.2) is 35.0 Å². The van der Waals surface area contributed by atoms with Crippen molar-refractivity contribution in [3.63, 3.8) is 0 Å². The van der Waals surface area contributed by atoms with Crippen LogP contribution in [0.25, 0.3) is 11.6 Å². The summed E-state index contributed by atoms with van der Waals surface area (Å²) in [6.45, 7) is -0.195. The van der Waals surface area contributed by atoms with Crippen molar-refractivity contribution in [2.45, 2.75) is 0 Å². The SMILES string of the molecule is OCC#Cc1cnc(-c2ccccn2)o1. The molecule has 2 aromatic rings. The summed E-state index contributed by atoms with van der Waals surface area (Å²) in [6, 6.07) is 5.47. The van der Waals surface area contributed by atoms with Crippen molar-refractivity contribution >= 4 is 0 Å². The molecule has 1 N–H and O–H groups in total. The van der Waals surface area contributed by atoms with Crippen LogP contribution in [0.1, 0.15) is 5.76 Å². The van der Waals surface area contributed by atoms with Gasteiger partial charge in [0.15, 0.2) is 5.76 Å². The molecule has 0 amide bonds. The molecule has 2 heterocycles. The van der Waals surface area contributed by atoms with Crippen LogP contribution in [0, 0.1) is 11.8 Å². The second-order valence-electron chi connectivity index (χ2n) is 2.70. The average molecular weight is 200 g/mol.